The van der Waals surface area contributed by atoms with E-state index < -0.39 is 10.8 Å². The Bertz CT molecular complexity index is 944. The molecule has 3 rings (SSSR count). The molecule has 0 aliphatic carbocycles. The first-order valence-corrected chi connectivity index (χ1v) is 9.35. The number of benzene rings is 2. The van der Waals surface area contributed by atoms with Crippen molar-refractivity contribution in [3.63, 3.8) is 0 Å². The summed E-state index contributed by atoms with van der Waals surface area (Å²) in [6.45, 7) is 1.95. The second-order valence-corrected chi connectivity index (χ2v) is 7.34. The summed E-state index contributed by atoms with van der Waals surface area (Å²) in [6.07, 6.45) is 0.722. The van der Waals surface area contributed by atoms with Crippen molar-refractivity contribution in [3.8, 4) is 0 Å². The van der Waals surface area contributed by atoms with E-state index in [1.807, 2.05) is 37.3 Å². The maximum Gasteiger partial charge on any atom is 0.270 e. The zero-order valence-corrected chi connectivity index (χ0v) is 15.3. The van der Waals surface area contributed by atoms with E-state index in [4.69, 9.17) is 0 Å². The maximum atomic E-state index is 12.7. The van der Waals surface area contributed by atoms with Crippen LogP contribution in [0.4, 0.5) is 10.8 Å². The SMILES string of the molecule is CCc1nnc(NC(=O)c2cc([N+](=O)[O-])ccc2Sc2ccccc2)s1. The van der Waals surface area contributed by atoms with Crippen LogP contribution in [0.15, 0.2) is 58.3 Å². The van der Waals surface area contributed by atoms with Crippen molar-refractivity contribution in [2.75, 3.05) is 5.32 Å². The Morgan fingerprint density at radius 2 is 2.00 bits per heavy atom. The van der Waals surface area contributed by atoms with Crippen molar-refractivity contribution >= 4 is 39.8 Å². The largest absolute Gasteiger partial charge is 0.296 e. The third kappa shape index (κ3) is 4.24. The van der Waals surface area contributed by atoms with Crippen molar-refractivity contribution in [2.24, 2.45) is 0 Å². The van der Waals surface area contributed by atoms with Gasteiger partial charge in [-0.25, -0.2) is 0 Å². The Morgan fingerprint density at radius 3 is 2.65 bits per heavy atom. The summed E-state index contributed by atoms with van der Waals surface area (Å²) in [7, 11) is 0. The summed E-state index contributed by atoms with van der Waals surface area (Å²) in [5.41, 5.74) is 0.0837. The van der Waals surface area contributed by atoms with Crippen molar-refractivity contribution in [3.05, 3.63) is 69.2 Å². The van der Waals surface area contributed by atoms with Gasteiger partial charge in [0.15, 0.2) is 0 Å². The van der Waals surface area contributed by atoms with E-state index in [9.17, 15) is 14.9 Å². The first-order valence-electron chi connectivity index (χ1n) is 7.72. The van der Waals surface area contributed by atoms with Crippen molar-refractivity contribution in [1.29, 1.82) is 0 Å². The first-order chi connectivity index (χ1) is 12.6. The molecular formula is C17H14N4O3S2. The van der Waals surface area contributed by atoms with E-state index in [-0.39, 0.29) is 11.3 Å². The zero-order valence-electron chi connectivity index (χ0n) is 13.7. The van der Waals surface area contributed by atoms with Crippen molar-refractivity contribution in [2.45, 2.75) is 23.1 Å². The lowest BCUT2D eigenvalue weighted by Gasteiger charge is -2.08. The van der Waals surface area contributed by atoms with Crippen LogP contribution in [0.2, 0.25) is 0 Å². The summed E-state index contributed by atoms with van der Waals surface area (Å²) in [6, 6.07) is 13.8. The molecule has 0 saturated carbocycles. The van der Waals surface area contributed by atoms with Crippen LogP contribution < -0.4 is 5.32 Å². The molecule has 3 aromatic rings. The van der Waals surface area contributed by atoms with Crippen LogP contribution >= 0.6 is 23.1 Å². The fourth-order valence-electron chi connectivity index (χ4n) is 2.12. The molecule has 7 nitrogen and oxygen atoms in total. The van der Waals surface area contributed by atoms with Crippen molar-refractivity contribution < 1.29 is 9.72 Å². The summed E-state index contributed by atoms with van der Waals surface area (Å²) >= 11 is 2.65. The second-order valence-electron chi connectivity index (χ2n) is 5.16. The first kappa shape index (κ1) is 18.0. The van der Waals surface area contributed by atoms with Gasteiger partial charge in [-0.2, -0.15) is 0 Å². The zero-order chi connectivity index (χ0) is 18.5. The number of aromatic nitrogens is 2. The minimum Gasteiger partial charge on any atom is -0.296 e. The van der Waals surface area contributed by atoms with Gasteiger partial charge in [-0.15, -0.1) is 10.2 Å². The molecule has 0 atom stereocenters. The molecule has 1 heterocycles. The number of carbonyl (C=O) groups is 1. The molecule has 0 saturated heterocycles. The van der Waals surface area contributed by atoms with E-state index in [1.54, 1.807) is 6.07 Å². The predicted octanol–water partition coefficient (Wildman–Crippen LogP) is 4.41. The summed E-state index contributed by atoms with van der Waals surface area (Å²) in [5.74, 6) is -0.453. The molecule has 0 radical (unpaired) electrons. The second kappa shape index (κ2) is 8.07. The number of hydrogen-bond acceptors (Lipinski definition) is 7. The number of carbonyl (C=O) groups excluding carboxylic acids is 1. The Labute approximate surface area is 157 Å². The number of hydrogen-bond donors (Lipinski definition) is 1. The molecule has 1 amide bonds. The van der Waals surface area contributed by atoms with Crippen LogP contribution in [0.25, 0.3) is 0 Å². The van der Waals surface area contributed by atoms with Gasteiger partial charge in [0.05, 0.1) is 10.5 Å². The average Bonchev–Trinajstić information content (AvgIpc) is 3.10. The number of nitrogens with one attached hydrogen (secondary N) is 1. The van der Waals surface area contributed by atoms with Gasteiger partial charge in [0.2, 0.25) is 5.13 Å². The fraction of sp³-hybridized carbons (Fsp3) is 0.118. The molecule has 0 aliphatic heterocycles. The van der Waals surface area contributed by atoms with Gasteiger partial charge >= 0.3 is 0 Å². The molecule has 0 bridgehead atoms. The fourth-order valence-corrected chi connectivity index (χ4v) is 3.74. The third-order valence-corrected chi connectivity index (χ3v) is 5.45. The van der Waals surface area contributed by atoms with E-state index >= 15 is 0 Å². The molecule has 1 aromatic heterocycles. The smallest absolute Gasteiger partial charge is 0.270 e. The molecule has 0 aliphatic rings. The number of nitrogens with zero attached hydrogens (tertiary/aromatic N) is 3. The third-order valence-electron chi connectivity index (χ3n) is 3.38. The summed E-state index contributed by atoms with van der Waals surface area (Å²) < 4.78 is 0. The lowest BCUT2D eigenvalue weighted by atomic mass is 10.2. The Balaban J connectivity index is 1.92. The molecule has 26 heavy (non-hydrogen) atoms. The van der Waals surface area contributed by atoms with Gasteiger partial charge in [0, 0.05) is 21.9 Å². The maximum absolute atomic E-state index is 12.7. The van der Waals surface area contributed by atoms with E-state index in [2.05, 4.69) is 15.5 Å². The van der Waals surface area contributed by atoms with Gasteiger partial charge in [0.25, 0.3) is 11.6 Å². The number of nitro groups is 1. The topological polar surface area (TPSA) is 98.0 Å². The average molecular weight is 386 g/mol. The lowest BCUT2D eigenvalue weighted by molar-refractivity contribution is -0.384. The van der Waals surface area contributed by atoms with E-state index in [0.717, 1.165) is 16.3 Å². The lowest BCUT2D eigenvalue weighted by Crippen LogP contribution is -2.13. The highest BCUT2D eigenvalue weighted by Gasteiger charge is 2.19. The quantitative estimate of drug-likeness (QED) is 0.498. The molecule has 0 unspecified atom stereocenters. The summed E-state index contributed by atoms with van der Waals surface area (Å²) in [5, 5.41) is 22.8. The standard InChI is InChI=1S/C17H14N4O3S2/c1-2-15-19-20-17(26-15)18-16(22)13-10-11(21(23)24)8-9-14(13)25-12-6-4-3-5-7-12/h3-10H,2H2,1H3,(H,18,20,22). The minimum absolute atomic E-state index is 0.140. The van der Waals surface area contributed by atoms with Gasteiger partial charge in [-0.05, 0) is 24.6 Å². The number of aryl methyl sites for hydroxylation is 1. The van der Waals surface area contributed by atoms with Crippen LogP contribution in [-0.2, 0) is 6.42 Å². The summed E-state index contributed by atoms with van der Waals surface area (Å²) in [4.78, 5) is 24.8. The molecule has 2 aromatic carbocycles. The minimum atomic E-state index is -0.520. The number of non-ortho nitro benzene ring substituents is 1. The number of rotatable bonds is 6. The van der Waals surface area contributed by atoms with Gasteiger partial charge in [-0.1, -0.05) is 48.2 Å². The van der Waals surface area contributed by atoms with Crippen molar-refractivity contribution in [1.82, 2.24) is 10.2 Å². The van der Waals surface area contributed by atoms with Crippen LogP contribution in [0.1, 0.15) is 22.3 Å². The predicted molar refractivity (Wildman–Crippen MR) is 101 cm³/mol. The Kier molecular flexibility index (Phi) is 5.59. The molecule has 1 N–H and O–H groups in total. The van der Waals surface area contributed by atoms with Crippen LogP contribution in [-0.4, -0.2) is 21.0 Å². The molecule has 0 fully saturated rings. The Morgan fingerprint density at radius 1 is 1.23 bits per heavy atom. The normalized spacial score (nSPS) is 10.5. The van der Waals surface area contributed by atoms with Gasteiger partial charge < -0.3 is 0 Å². The highest BCUT2D eigenvalue weighted by Crippen LogP contribution is 2.33. The van der Waals surface area contributed by atoms with E-state index in [0.29, 0.717) is 10.0 Å². The number of amides is 1. The Hall–Kier alpha value is -2.78. The van der Waals surface area contributed by atoms with Crippen LogP contribution in [0.5, 0.6) is 0 Å². The molecule has 0 spiro atoms. The van der Waals surface area contributed by atoms with Crippen LogP contribution in [0, 0.1) is 10.1 Å². The van der Waals surface area contributed by atoms with Crippen LogP contribution in [0.3, 0.4) is 0 Å². The molecule has 9 heteroatoms. The highest BCUT2D eigenvalue weighted by atomic mass is 32.2. The highest BCUT2D eigenvalue weighted by molar-refractivity contribution is 7.99. The molecule has 132 valence electrons. The monoisotopic (exact) mass is 386 g/mol. The van der Waals surface area contributed by atoms with Gasteiger partial charge in [0.1, 0.15) is 5.01 Å². The van der Waals surface area contributed by atoms with E-state index in [1.165, 1.54) is 35.2 Å². The number of anilines is 1. The number of nitro benzene ring substituents is 1. The van der Waals surface area contributed by atoms with Gasteiger partial charge in [-0.3, -0.25) is 20.2 Å². The molecular weight excluding hydrogens is 372 g/mol.